The summed E-state index contributed by atoms with van der Waals surface area (Å²) in [6, 6.07) is 0.865. The van der Waals surface area contributed by atoms with Gasteiger partial charge < -0.3 is 5.32 Å². The molecule has 0 spiro atoms. The fourth-order valence-corrected chi connectivity index (χ4v) is 2.10. The van der Waals surface area contributed by atoms with Gasteiger partial charge in [0.25, 0.3) is 0 Å². The molecule has 2 aliphatic heterocycles. The first-order chi connectivity index (χ1) is 6.86. The lowest BCUT2D eigenvalue weighted by molar-refractivity contribution is 0.165. The van der Waals surface area contributed by atoms with Gasteiger partial charge in [-0.05, 0) is 25.3 Å². The Labute approximate surface area is 90.1 Å². The van der Waals surface area contributed by atoms with Gasteiger partial charge in [0.1, 0.15) is 0 Å². The lowest BCUT2D eigenvalue weighted by Gasteiger charge is -2.31. The van der Waals surface area contributed by atoms with Gasteiger partial charge in [0.2, 0.25) is 0 Å². The van der Waals surface area contributed by atoms with E-state index in [1.165, 1.54) is 25.9 Å². The fraction of sp³-hybridized carbons (Fsp3) is 1.00. The van der Waals surface area contributed by atoms with E-state index in [1.54, 1.807) is 0 Å². The SMILES string of the molecule is CC.CC.CC1CCN2CNCC2C1. The van der Waals surface area contributed by atoms with Crippen LogP contribution in [-0.4, -0.2) is 30.7 Å². The van der Waals surface area contributed by atoms with Gasteiger partial charge in [0.15, 0.2) is 0 Å². The molecule has 2 aliphatic rings. The molecule has 0 amide bonds. The first kappa shape index (κ1) is 13.9. The van der Waals surface area contributed by atoms with Gasteiger partial charge >= 0.3 is 0 Å². The quantitative estimate of drug-likeness (QED) is 0.647. The Morgan fingerprint density at radius 2 is 1.79 bits per heavy atom. The molecule has 0 bridgehead atoms. The Morgan fingerprint density at radius 1 is 1.14 bits per heavy atom. The second-order valence-electron chi connectivity index (χ2n) is 3.71. The molecule has 86 valence electrons. The predicted octanol–water partition coefficient (Wildman–Crippen LogP) is 2.70. The molecule has 0 aromatic rings. The summed E-state index contributed by atoms with van der Waals surface area (Å²) >= 11 is 0. The molecule has 2 rings (SSSR count). The van der Waals surface area contributed by atoms with E-state index in [4.69, 9.17) is 0 Å². The molecule has 2 heteroatoms. The minimum atomic E-state index is 0.865. The van der Waals surface area contributed by atoms with E-state index in [2.05, 4.69) is 17.1 Å². The Balaban J connectivity index is 0.000000379. The second kappa shape index (κ2) is 8.25. The second-order valence-corrected chi connectivity index (χ2v) is 3.71. The van der Waals surface area contributed by atoms with Crippen LogP contribution in [0.5, 0.6) is 0 Å². The number of hydrogen-bond donors (Lipinski definition) is 1. The Morgan fingerprint density at radius 3 is 2.43 bits per heavy atom. The maximum atomic E-state index is 3.41. The van der Waals surface area contributed by atoms with Gasteiger partial charge in [-0.3, -0.25) is 4.90 Å². The number of piperidine rings is 1. The number of nitrogens with one attached hydrogen (secondary N) is 1. The zero-order valence-electron chi connectivity index (χ0n) is 10.6. The van der Waals surface area contributed by atoms with Crippen LogP contribution in [0.1, 0.15) is 47.5 Å². The Bertz CT molecular complexity index is 125. The molecule has 0 aliphatic carbocycles. The van der Waals surface area contributed by atoms with Gasteiger partial charge in [0.05, 0.1) is 0 Å². The highest BCUT2D eigenvalue weighted by atomic mass is 15.3. The third kappa shape index (κ3) is 3.97. The topological polar surface area (TPSA) is 15.3 Å². The van der Waals surface area contributed by atoms with Crippen molar-refractivity contribution < 1.29 is 0 Å². The van der Waals surface area contributed by atoms with Crippen molar-refractivity contribution >= 4 is 0 Å². The van der Waals surface area contributed by atoms with Crippen molar-refractivity contribution in [3.63, 3.8) is 0 Å². The van der Waals surface area contributed by atoms with Crippen LogP contribution < -0.4 is 5.32 Å². The van der Waals surface area contributed by atoms with Crippen LogP contribution in [-0.2, 0) is 0 Å². The molecule has 1 N–H and O–H groups in total. The van der Waals surface area contributed by atoms with Gasteiger partial charge in [-0.15, -0.1) is 0 Å². The van der Waals surface area contributed by atoms with E-state index in [-0.39, 0.29) is 0 Å². The summed E-state index contributed by atoms with van der Waals surface area (Å²) in [4.78, 5) is 2.57. The fourth-order valence-electron chi connectivity index (χ4n) is 2.10. The van der Waals surface area contributed by atoms with Crippen molar-refractivity contribution in [3.05, 3.63) is 0 Å². The highest BCUT2D eigenvalue weighted by Gasteiger charge is 2.29. The zero-order valence-corrected chi connectivity index (χ0v) is 10.6. The number of fused-ring (bicyclic) bond motifs is 1. The number of rotatable bonds is 0. The molecule has 2 fully saturated rings. The molecule has 0 saturated carbocycles. The summed E-state index contributed by atoms with van der Waals surface area (Å²) in [5.74, 6) is 0.959. The first-order valence-corrected chi connectivity index (χ1v) is 6.31. The number of hydrogen-bond acceptors (Lipinski definition) is 2. The van der Waals surface area contributed by atoms with Gasteiger partial charge in [-0.2, -0.15) is 0 Å². The molecular weight excluding hydrogens is 172 g/mol. The van der Waals surface area contributed by atoms with Gasteiger partial charge in [0, 0.05) is 19.3 Å². The summed E-state index contributed by atoms with van der Waals surface area (Å²) in [5, 5.41) is 3.41. The normalized spacial score (nSPS) is 30.6. The van der Waals surface area contributed by atoms with Crippen LogP contribution in [0.2, 0.25) is 0 Å². The molecule has 2 saturated heterocycles. The maximum Gasteiger partial charge on any atom is 0.0484 e. The Kier molecular flexibility index (Phi) is 8.20. The first-order valence-electron chi connectivity index (χ1n) is 6.31. The molecule has 2 unspecified atom stereocenters. The summed E-state index contributed by atoms with van der Waals surface area (Å²) < 4.78 is 0. The van der Waals surface area contributed by atoms with Crippen LogP contribution >= 0.6 is 0 Å². The minimum absolute atomic E-state index is 0.865. The third-order valence-electron chi connectivity index (χ3n) is 2.79. The average Bonchev–Trinajstić information content (AvgIpc) is 2.71. The van der Waals surface area contributed by atoms with Crippen molar-refractivity contribution in [2.24, 2.45) is 5.92 Å². The smallest absolute Gasteiger partial charge is 0.0484 e. The van der Waals surface area contributed by atoms with E-state index in [1.807, 2.05) is 27.7 Å². The van der Waals surface area contributed by atoms with Gasteiger partial charge in [-0.25, -0.2) is 0 Å². The summed E-state index contributed by atoms with van der Waals surface area (Å²) in [5.41, 5.74) is 0. The van der Waals surface area contributed by atoms with Crippen molar-refractivity contribution in [2.45, 2.75) is 53.5 Å². The lowest BCUT2D eigenvalue weighted by Crippen LogP contribution is -2.38. The molecule has 0 aromatic carbocycles. The van der Waals surface area contributed by atoms with Crippen molar-refractivity contribution in [1.82, 2.24) is 10.2 Å². The van der Waals surface area contributed by atoms with Crippen LogP contribution in [0.4, 0.5) is 0 Å². The van der Waals surface area contributed by atoms with Crippen molar-refractivity contribution in [3.8, 4) is 0 Å². The molecule has 0 radical (unpaired) electrons. The van der Waals surface area contributed by atoms with Crippen LogP contribution in [0.15, 0.2) is 0 Å². The highest BCUT2D eigenvalue weighted by Crippen LogP contribution is 2.23. The van der Waals surface area contributed by atoms with Crippen LogP contribution in [0.3, 0.4) is 0 Å². The van der Waals surface area contributed by atoms with E-state index in [9.17, 15) is 0 Å². The largest absolute Gasteiger partial charge is 0.303 e. The van der Waals surface area contributed by atoms with Crippen molar-refractivity contribution in [1.29, 1.82) is 0 Å². The monoisotopic (exact) mass is 200 g/mol. The van der Waals surface area contributed by atoms with E-state index >= 15 is 0 Å². The highest BCUT2D eigenvalue weighted by molar-refractivity contribution is 4.85. The predicted molar refractivity (Wildman–Crippen MR) is 64.5 cm³/mol. The molecule has 0 aromatic heterocycles. The van der Waals surface area contributed by atoms with E-state index in [0.29, 0.717) is 0 Å². The van der Waals surface area contributed by atoms with Crippen molar-refractivity contribution in [2.75, 3.05) is 19.8 Å². The van der Waals surface area contributed by atoms with Crippen LogP contribution in [0, 0.1) is 5.92 Å². The lowest BCUT2D eigenvalue weighted by atomic mass is 9.94. The van der Waals surface area contributed by atoms with E-state index < -0.39 is 0 Å². The molecule has 2 nitrogen and oxygen atoms in total. The average molecular weight is 200 g/mol. The zero-order chi connectivity index (χ0) is 11.0. The molecule has 14 heavy (non-hydrogen) atoms. The minimum Gasteiger partial charge on any atom is -0.303 e. The summed E-state index contributed by atoms with van der Waals surface area (Å²) in [7, 11) is 0. The maximum absolute atomic E-state index is 3.41. The standard InChI is InChI=1S/C8H16N2.2C2H6/c1-7-2-3-10-6-9-5-8(10)4-7;2*1-2/h7-9H,2-6H2,1H3;2*1-2H3. The number of nitrogens with zero attached hydrogens (tertiary/aromatic N) is 1. The molecule has 2 heterocycles. The van der Waals surface area contributed by atoms with Crippen LogP contribution in [0.25, 0.3) is 0 Å². The summed E-state index contributed by atoms with van der Waals surface area (Å²) in [6.07, 6.45) is 2.81. The van der Waals surface area contributed by atoms with Gasteiger partial charge in [-0.1, -0.05) is 34.6 Å². The van der Waals surface area contributed by atoms with E-state index in [0.717, 1.165) is 18.6 Å². The molecule has 2 atom stereocenters. The third-order valence-corrected chi connectivity index (χ3v) is 2.79. The summed E-state index contributed by atoms with van der Waals surface area (Å²) in [6.45, 7) is 14.1. The molecular formula is C12H28N2. The Hall–Kier alpha value is -0.0800.